The van der Waals surface area contributed by atoms with Crippen LogP contribution in [0.4, 0.5) is 0 Å². The molecule has 6 N–H and O–H groups in total. The number of cyclic esters (lactones) is 1. The van der Waals surface area contributed by atoms with Crippen molar-refractivity contribution in [3.63, 3.8) is 0 Å². The zero-order valence-corrected chi connectivity index (χ0v) is 22.6. The van der Waals surface area contributed by atoms with Crippen LogP contribution in [0.3, 0.4) is 0 Å². The maximum atomic E-state index is 13.1. The van der Waals surface area contributed by atoms with Gasteiger partial charge in [-0.2, -0.15) is 5.90 Å². The van der Waals surface area contributed by atoms with Crippen molar-refractivity contribution in [2.24, 2.45) is 11.8 Å². The van der Waals surface area contributed by atoms with Gasteiger partial charge in [0.05, 0.1) is 36.2 Å². The number of aliphatic hydroxyl groups is 1. The summed E-state index contributed by atoms with van der Waals surface area (Å²) < 4.78 is 5.52. The topological polar surface area (TPSA) is 199 Å². The molecule has 0 spiro atoms. The Balaban J connectivity index is 2.26. The van der Waals surface area contributed by atoms with Crippen molar-refractivity contribution in [2.45, 2.75) is 96.1 Å². The number of nitrogens with zero attached hydrogens (tertiary/aromatic N) is 1. The van der Waals surface area contributed by atoms with Gasteiger partial charge in [0.25, 0.3) is 0 Å². The van der Waals surface area contributed by atoms with Gasteiger partial charge in [0.1, 0.15) is 18.2 Å². The van der Waals surface area contributed by atoms with Crippen molar-refractivity contribution in [2.75, 3.05) is 0 Å². The normalized spacial score (nSPS) is 25.9. The first kappa shape index (κ1) is 31.1. The van der Waals surface area contributed by atoms with Gasteiger partial charge in [-0.3, -0.25) is 24.0 Å². The number of carbonyl (C=O) groups excluding carboxylic acids is 5. The second-order valence-electron chi connectivity index (χ2n) is 9.64. The number of aliphatic hydroxyl groups excluding tert-OH is 1. The molecule has 1 saturated heterocycles. The number of rotatable bonds is 8. The Morgan fingerprint density at radius 1 is 1.18 bits per heavy atom. The molecule has 0 aliphatic carbocycles. The summed E-state index contributed by atoms with van der Waals surface area (Å²) in [4.78, 5) is 71.1. The lowest BCUT2D eigenvalue weighted by Crippen LogP contribution is -2.56. The van der Waals surface area contributed by atoms with Gasteiger partial charge < -0.3 is 30.6 Å². The van der Waals surface area contributed by atoms with E-state index in [9.17, 15) is 29.1 Å². The number of hydrogen-bond donors (Lipinski definition) is 5. The van der Waals surface area contributed by atoms with Crippen molar-refractivity contribution < 1.29 is 38.7 Å². The van der Waals surface area contributed by atoms with Gasteiger partial charge in [-0.25, -0.2) is 4.98 Å². The third kappa shape index (κ3) is 10.3. The van der Waals surface area contributed by atoms with Crippen molar-refractivity contribution in [3.8, 4) is 0 Å². The molecule has 2 heterocycles. The highest BCUT2D eigenvalue weighted by Gasteiger charge is 2.32. The molecule has 0 saturated carbocycles. The van der Waals surface area contributed by atoms with Gasteiger partial charge >= 0.3 is 11.9 Å². The molecular weight excluding hydrogens is 518 g/mol. The predicted octanol–water partition coefficient (Wildman–Crippen LogP) is -0.140. The van der Waals surface area contributed by atoms with E-state index in [1.165, 1.54) is 18.3 Å². The van der Waals surface area contributed by atoms with Crippen LogP contribution in [0.15, 0.2) is 10.9 Å². The molecule has 212 valence electrons. The molecule has 1 aliphatic heterocycles. The molecule has 0 radical (unpaired) electrons. The Bertz CT molecular complexity index is 958. The third-order valence-electron chi connectivity index (χ3n) is 6.12. The van der Waals surface area contributed by atoms with E-state index in [2.05, 4.69) is 25.8 Å². The molecule has 3 amide bonds. The number of carbonyl (C=O) groups is 5. The van der Waals surface area contributed by atoms with Crippen molar-refractivity contribution >= 4 is 41.0 Å². The molecule has 1 aliphatic rings. The molecule has 13 nitrogen and oxygen atoms in total. The predicted molar refractivity (Wildman–Crippen MR) is 136 cm³/mol. The van der Waals surface area contributed by atoms with Gasteiger partial charge in [-0.1, -0.05) is 13.8 Å². The molecule has 38 heavy (non-hydrogen) atoms. The fourth-order valence-corrected chi connectivity index (χ4v) is 4.60. The average molecular weight is 556 g/mol. The number of nitrogens with one attached hydrogen (secondary N) is 3. The lowest BCUT2D eigenvalue weighted by molar-refractivity contribution is -0.154. The zero-order valence-electron chi connectivity index (χ0n) is 21.8. The van der Waals surface area contributed by atoms with Crippen molar-refractivity contribution in [1.82, 2.24) is 20.9 Å². The molecular formula is C24H37N5O8S. The van der Waals surface area contributed by atoms with E-state index in [4.69, 9.17) is 10.6 Å². The number of aromatic nitrogens is 1. The molecule has 0 unspecified atom stereocenters. The van der Waals surface area contributed by atoms with Crippen LogP contribution in [0.1, 0.15) is 65.0 Å². The Kier molecular flexibility index (Phi) is 12.6. The van der Waals surface area contributed by atoms with Gasteiger partial charge in [0.2, 0.25) is 17.7 Å². The van der Waals surface area contributed by atoms with Gasteiger partial charge in [-0.15, -0.1) is 11.3 Å². The molecule has 1 fully saturated rings. The van der Waals surface area contributed by atoms with Crippen molar-refractivity contribution in [3.05, 3.63) is 16.6 Å². The van der Waals surface area contributed by atoms with Crippen LogP contribution in [-0.2, 0) is 40.0 Å². The van der Waals surface area contributed by atoms with E-state index >= 15 is 0 Å². The Labute approximate surface area is 225 Å². The number of hydrogen-bond acceptors (Lipinski definition) is 11. The van der Waals surface area contributed by atoms with E-state index in [1.807, 2.05) is 0 Å². The van der Waals surface area contributed by atoms with Crippen LogP contribution in [0.5, 0.6) is 0 Å². The molecule has 1 aromatic heterocycles. The summed E-state index contributed by atoms with van der Waals surface area (Å²) in [6.45, 7) is 5.04. The second kappa shape index (κ2) is 15.3. The van der Waals surface area contributed by atoms with Gasteiger partial charge in [-0.05, 0) is 32.1 Å². The number of nitrogens with two attached hydrogens (primary N) is 1. The first-order chi connectivity index (χ1) is 18.0. The fourth-order valence-electron chi connectivity index (χ4n) is 4.03. The lowest BCUT2D eigenvalue weighted by Gasteiger charge is -2.29. The van der Waals surface area contributed by atoms with Crippen molar-refractivity contribution in [1.29, 1.82) is 0 Å². The van der Waals surface area contributed by atoms with Crippen LogP contribution in [0.2, 0.25) is 0 Å². The smallest absolute Gasteiger partial charge is 0.324 e. The Hall–Kier alpha value is -3.10. The molecule has 2 rings (SSSR count). The first-order valence-electron chi connectivity index (χ1n) is 12.5. The highest BCUT2D eigenvalue weighted by atomic mass is 32.1. The minimum atomic E-state index is -1.26. The van der Waals surface area contributed by atoms with Crippen LogP contribution in [-0.4, -0.2) is 70.1 Å². The maximum absolute atomic E-state index is 13.1. The SMILES string of the molecule is CC(C)[C@H]1NC(=O)[C@@H](C)NC(=O)[C@@H](Cc2cscn2)NC(=O)C[C@@H](CCCCC(=O)ON)OC(=O)C[C@@H]1O. The number of amides is 3. The summed E-state index contributed by atoms with van der Waals surface area (Å²) in [5.74, 6) is 1.60. The number of thiazole rings is 1. The van der Waals surface area contributed by atoms with E-state index in [1.54, 1.807) is 24.7 Å². The maximum Gasteiger partial charge on any atom is 0.324 e. The third-order valence-corrected chi connectivity index (χ3v) is 6.75. The summed E-state index contributed by atoms with van der Waals surface area (Å²) in [5, 5.41) is 20.4. The highest BCUT2D eigenvalue weighted by molar-refractivity contribution is 7.07. The van der Waals surface area contributed by atoms with E-state index in [0.29, 0.717) is 18.5 Å². The van der Waals surface area contributed by atoms with Gasteiger partial charge in [0, 0.05) is 18.2 Å². The first-order valence-corrected chi connectivity index (χ1v) is 13.5. The summed E-state index contributed by atoms with van der Waals surface area (Å²) in [5.41, 5.74) is 2.19. The second-order valence-corrected chi connectivity index (χ2v) is 10.4. The minimum Gasteiger partial charge on any atom is -0.462 e. The highest BCUT2D eigenvalue weighted by Crippen LogP contribution is 2.16. The molecule has 0 aromatic carbocycles. The monoisotopic (exact) mass is 555 g/mol. The number of esters is 1. The lowest BCUT2D eigenvalue weighted by atomic mass is 9.96. The standard InChI is InChI=1S/C24H37N5O8S/c1-13(2)22-18(30)10-21(33)36-16(6-4-5-7-20(32)37-25)9-19(31)28-17(8-15-11-38-12-26-15)24(35)27-14(3)23(34)29-22/h11-14,16-18,22,30H,4-10,25H2,1-3H3,(H,27,35)(H,28,31)(H,29,34)/t14-,16-,17-,18+,22-/m1/s1. The molecule has 5 atom stereocenters. The summed E-state index contributed by atoms with van der Waals surface area (Å²) in [7, 11) is 0. The van der Waals surface area contributed by atoms with Crippen LogP contribution in [0, 0.1) is 5.92 Å². The minimum absolute atomic E-state index is 0.0614. The van der Waals surface area contributed by atoms with E-state index < -0.39 is 66.4 Å². The molecule has 1 aromatic rings. The number of unbranched alkanes of at least 4 members (excludes halogenated alkanes) is 1. The van der Waals surface area contributed by atoms with Crippen LogP contribution in [0.25, 0.3) is 0 Å². The van der Waals surface area contributed by atoms with Crippen LogP contribution < -0.4 is 21.8 Å². The largest absolute Gasteiger partial charge is 0.462 e. The fraction of sp³-hybridized carbons (Fsp3) is 0.667. The summed E-state index contributed by atoms with van der Waals surface area (Å²) in [6.07, 6.45) is -1.57. The molecule has 0 bridgehead atoms. The summed E-state index contributed by atoms with van der Waals surface area (Å²) in [6, 6.07) is -2.80. The Morgan fingerprint density at radius 2 is 1.92 bits per heavy atom. The average Bonchev–Trinajstić information content (AvgIpc) is 3.36. The zero-order chi connectivity index (χ0) is 28.2. The van der Waals surface area contributed by atoms with E-state index in [-0.39, 0.29) is 31.6 Å². The number of ether oxygens (including phenoxy) is 1. The van der Waals surface area contributed by atoms with Crippen LogP contribution >= 0.6 is 11.3 Å². The quantitative estimate of drug-likeness (QED) is 0.163. The Morgan fingerprint density at radius 3 is 2.55 bits per heavy atom. The summed E-state index contributed by atoms with van der Waals surface area (Å²) >= 11 is 1.34. The van der Waals surface area contributed by atoms with Gasteiger partial charge in [0.15, 0.2) is 0 Å². The van der Waals surface area contributed by atoms with E-state index in [0.717, 1.165) is 0 Å². The molecule has 14 heteroatoms.